The number of aryl methyl sites for hydroxylation is 1. The van der Waals surface area contributed by atoms with E-state index in [1.807, 2.05) is 32.0 Å². The molecule has 0 unspecified atom stereocenters. The standard InChI is InChI=1S/C20H17F2N3O/c1-12-4-3-5-18(13(12)2)24-15-8-9-23-19(11-15)20(26)25-14-6-7-16(21)17(22)10-14/h3-11H,1-2H3,(H,23,24)(H,25,26). The number of hydrogen-bond acceptors (Lipinski definition) is 3. The second kappa shape index (κ2) is 7.31. The highest BCUT2D eigenvalue weighted by atomic mass is 19.2. The fraction of sp³-hybridized carbons (Fsp3) is 0.100. The highest BCUT2D eigenvalue weighted by Crippen LogP contribution is 2.23. The Hall–Kier alpha value is -3.28. The number of amides is 1. The Morgan fingerprint density at radius 2 is 1.77 bits per heavy atom. The first-order valence-corrected chi connectivity index (χ1v) is 8.00. The van der Waals surface area contributed by atoms with Crippen LogP contribution in [-0.2, 0) is 0 Å². The van der Waals surface area contributed by atoms with Gasteiger partial charge in [-0.2, -0.15) is 0 Å². The zero-order valence-electron chi connectivity index (χ0n) is 14.3. The molecular weight excluding hydrogens is 336 g/mol. The predicted molar refractivity (Wildman–Crippen MR) is 97.7 cm³/mol. The normalized spacial score (nSPS) is 10.5. The summed E-state index contributed by atoms with van der Waals surface area (Å²) in [5, 5.41) is 5.76. The fourth-order valence-corrected chi connectivity index (χ4v) is 2.44. The fourth-order valence-electron chi connectivity index (χ4n) is 2.44. The maximum absolute atomic E-state index is 13.3. The Bertz CT molecular complexity index is 973. The van der Waals surface area contributed by atoms with Gasteiger partial charge < -0.3 is 10.6 Å². The third-order valence-electron chi connectivity index (χ3n) is 4.05. The first-order valence-electron chi connectivity index (χ1n) is 8.00. The molecule has 1 heterocycles. The van der Waals surface area contributed by atoms with Crippen molar-refractivity contribution in [2.24, 2.45) is 0 Å². The van der Waals surface area contributed by atoms with Crippen molar-refractivity contribution in [3.63, 3.8) is 0 Å². The molecule has 4 nitrogen and oxygen atoms in total. The number of carbonyl (C=O) groups is 1. The average molecular weight is 353 g/mol. The Morgan fingerprint density at radius 3 is 2.54 bits per heavy atom. The molecule has 6 heteroatoms. The van der Waals surface area contributed by atoms with Crippen molar-refractivity contribution in [1.82, 2.24) is 4.98 Å². The molecule has 1 amide bonds. The number of halogens is 2. The maximum atomic E-state index is 13.3. The van der Waals surface area contributed by atoms with E-state index in [2.05, 4.69) is 15.6 Å². The second-order valence-corrected chi connectivity index (χ2v) is 5.89. The lowest BCUT2D eigenvalue weighted by molar-refractivity contribution is 0.102. The highest BCUT2D eigenvalue weighted by molar-refractivity contribution is 6.03. The highest BCUT2D eigenvalue weighted by Gasteiger charge is 2.11. The van der Waals surface area contributed by atoms with Gasteiger partial charge in [0.05, 0.1) is 0 Å². The topological polar surface area (TPSA) is 54.0 Å². The summed E-state index contributed by atoms with van der Waals surface area (Å²) in [6.45, 7) is 4.03. The first kappa shape index (κ1) is 17.5. The van der Waals surface area contributed by atoms with Crippen LogP contribution in [0.15, 0.2) is 54.7 Å². The van der Waals surface area contributed by atoms with Gasteiger partial charge in [-0.25, -0.2) is 8.78 Å². The molecule has 0 radical (unpaired) electrons. The summed E-state index contributed by atoms with van der Waals surface area (Å²) in [4.78, 5) is 16.4. The van der Waals surface area contributed by atoms with Gasteiger partial charge in [-0.3, -0.25) is 9.78 Å². The molecule has 0 atom stereocenters. The van der Waals surface area contributed by atoms with Crippen molar-refractivity contribution < 1.29 is 13.6 Å². The lowest BCUT2D eigenvalue weighted by Gasteiger charge is -2.12. The third-order valence-corrected chi connectivity index (χ3v) is 4.05. The SMILES string of the molecule is Cc1cccc(Nc2ccnc(C(=O)Nc3ccc(F)c(F)c3)c2)c1C. The second-order valence-electron chi connectivity index (χ2n) is 5.89. The zero-order valence-corrected chi connectivity index (χ0v) is 14.3. The summed E-state index contributed by atoms with van der Waals surface area (Å²) >= 11 is 0. The van der Waals surface area contributed by atoms with Crippen molar-refractivity contribution in [3.8, 4) is 0 Å². The van der Waals surface area contributed by atoms with Gasteiger partial charge in [0.25, 0.3) is 5.91 Å². The molecule has 132 valence electrons. The molecule has 2 aromatic carbocycles. The van der Waals surface area contributed by atoms with Crippen LogP contribution in [0.2, 0.25) is 0 Å². The quantitative estimate of drug-likeness (QED) is 0.696. The van der Waals surface area contributed by atoms with Crippen molar-refractivity contribution in [1.29, 1.82) is 0 Å². The van der Waals surface area contributed by atoms with Crippen molar-refractivity contribution in [2.45, 2.75) is 13.8 Å². The Morgan fingerprint density at radius 1 is 0.962 bits per heavy atom. The van der Waals surface area contributed by atoms with Crippen LogP contribution in [0.1, 0.15) is 21.6 Å². The summed E-state index contributed by atoms with van der Waals surface area (Å²) in [5.41, 5.74) is 4.21. The van der Waals surface area contributed by atoms with Gasteiger partial charge in [0.1, 0.15) is 5.69 Å². The summed E-state index contributed by atoms with van der Waals surface area (Å²) in [7, 11) is 0. The molecule has 3 rings (SSSR count). The van der Waals surface area contributed by atoms with Crippen LogP contribution in [0.4, 0.5) is 25.8 Å². The molecule has 0 aliphatic heterocycles. The number of carbonyl (C=O) groups excluding carboxylic acids is 1. The number of hydrogen-bond donors (Lipinski definition) is 2. The van der Waals surface area contributed by atoms with E-state index in [0.29, 0.717) is 5.69 Å². The lowest BCUT2D eigenvalue weighted by atomic mass is 10.1. The van der Waals surface area contributed by atoms with Crippen LogP contribution >= 0.6 is 0 Å². The van der Waals surface area contributed by atoms with Gasteiger partial charge in [0.2, 0.25) is 0 Å². The molecule has 0 saturated carbocycles. The molecule has 2 N–H and O–H groups in total. The minimum Gasteiger partial charge on any atom is -0.355 e. The maximum Gasteiger partial charge on any atom is 0.274 e. The Balaban J connectivity index is 1.79. The van der Waals surface area contributed by atoms with Crippen LogP contribution in [0.5, 0.6) is 0 Å². The number of benzene rings is 2. The molecule has 1 aromatic heterocycles. The van der Waals surface area contributed by atoms with E-state index in [1.54, 1.807) is 12.1 Å². The number of nitrogens with one attached hydrogen (secondary N) is 2. The van der Waals surface area contributed by atoms with E-state index in [0.717, 1.165) is 28.9 Å². The largest absolute Gasteiger partial charge is 0.355 e. The van der Waals surface area contributed by atoms with E-state index in [9.17, 15) is 13.6 Å². The number of rotatable bonds is 4. The van der Waals surface area contributed by atoms with Crippen molar-refractivity contribution in [2.75, 3.05) is 10.6 Å². The molecule has 3 aromatic rings. The minimum atomic E-state index is -1.03. The lowest BCUT2D eigenvalue weighted by Crippen LogP contribution is -2.14. The van der Waals surface area contributed by atoms with Crippen LogP contribution in [0, 0.1) is 25.5 Å². The molecule has 0 aliphatic carbocycles. The van der Waals surface area contributed by atoms with Gasteiger partial charge in [0.15, 0.2) is 11.6 Å². The number of aromatic nitrogens is 1. The smallest absolute Gasteiger partial charge is 0.274 e. The summed E-state index contributed by atoms with van der Waals surface area (Å²) < 4.78 is 26.2. The van der Waals surface area contributed by atoms with Gasteiger partial charge in [-0.05, 0) is 55.3 Å². The van der Waals surface area contributed by atoms with Gasteiger partial charge in [-0.15, -0.1) is 0 Å². The number of anilines is 3. The summed E-state index contributed by atoms with van der Waals surface area (Å²) in [6, 6.07) is 12.4. The summed E-state index contributed by atoms with van der Waals surface area (Å²) in [5.74, 6) is -2.51. The van der Waals surface area contributed by atoms with E-state index >= 15 is 0 Å². The van der Waals surface area contributed by atoms with Gasteiger partial charge >= 0.3 is 0 Å². The average Bonchev–Trinajstić information content (AvgIpc) is 2.62. The minimum absolute atomic E-state index is 0.156. The van der Waals surface area contributed by atoms with Crippen LogP contribution < -0.4 is 10.6 Å². The molecule has 0 bridgehead atoms. The molecule has 0 aliphatic rings. The monoisotopic (exact) mass is 353 g/mol. The molecule has 0 fully saturated rings. The van der Waals surface area contributed by atoms with E-state index in [-0.39, 0.29) is 11.4 Å². The van der Waals surface area contributed by atoms with Crippen molar-refractivity contribution >= 4 is 23.0 Å². The number of pyridine rings is 1. The number of nitrogens with zero attached hydrogens (tertiary/aromatic N) is 1. The van der Waals surface area contributed by atoms with Crippen molar-refractivity contribution in [3.05, 3.63) is 83.2 Å². The Kier molecular flexibility index (Phi) is 4.93. The van der Waals surface area contributed by atoms with Crippen LogP contribution in [0.25, 0.3) is 0 Å². The van der Waals surface area contributed by atoms with Gasteiger partial charge in [-0.1, -0.05) is 12.1 Å². The third kappa shape index (κ3) is 3.85. The molecule has 0 saturated heterocycles. The van der Waals surface area contributed by atoms with Crippen LogP contribution in [-0.4, -0.2) is 10.9 Å². The predicted octanol–water partition coefficient (Wildman–Crippen LogP) is 4.97. The zero-order chi connectivity index (χ0) is 18.7. The first-order chi connectivity index (χ1) is 12.4. The molecule has 26 heavy (non-hydrogen) atoms. The Labute approximate surface area is 149 Å². The van der Waals surface area contributed by atoms with E-state index in [4.69, 9.17) is 0 Å². The molecular formula is C20H17F2N3O. The van der Waals surface area contributed by atoms with E-state index < -0.39 is 17.5 Å². The summed E-state index contributed by atoms with van der Waals surface area (Å²) in [6.07, 6.45) is 1.51. The van der Waals surface area contributed by atoms with Crippen LogP contribution in [0.3, 0.4) is 0 Å². The molecule has 0 spiro atoms. The van der Waals surface area contributed by atoms with E-state index in [1.165, 1.54) is 12.3 Å². The van der Waals surface area contributed by atoms with Gasteiger partial charge in [0, 0.05) is 29.3 Å².